The first-order valence-electron chi connectivity index (χ1n) is 33.1. The van der Waals surface area contributed by atoms with Gasteiger partial charge in [0.05, 0.1) is 16.6 Å². The summed E-state index contributed by atoms with van der Waals surface area (Å²) in [5, 5.41) is 18.4. The van der Waals surface area contributed by atoms with Gasteiger partial charge in [0, 0.05) is 56.4 Å². The fourth-order valence-corrected chi connectivity index (χ4v) is 14.8. The largest absolute Gasteiger partial charge is 0.256 e. The van der Waals surface area contributed by atoms with Crippen molar-refractivity contribution in [3.8, 4) is 102 Å². The lowest BCUT2D eigenvalue weighted by Gasteiger charge is -2.17. The van der Waals surface area contributed by atoms with Gasteiger partial charge in [-0.05, 0) is 182 Å². The number of rotatable bonds is 9. The first-order valence-corrected chi connectivity index (χ1v) is 33.1. The molecule has 0 radical (unpaired) electrons. The summed E-state index contributed by atoms with van der Waals surface area (Å²) in [6.07, 6.45) is 8.41. The number of nitrogens with zero attached hydrogens (tertiary/aromatic N) is 12. The van der Waals surface area contributed by atoms with Gasteiger partial charge in [0.2, 0.25) is 0 Å². The van der Waals surface area contributed by atoms with Crippen molar-refractivity contribution in [2.45, 2.75) is 0 Å². The van der Waals surface area contributed by atoms with Crippen LogP contribution in [0, 0.1) is 0 Å². The van der Waals surface area contributed by atoms with Gasteiger partial charge >= 0.3 is 0 Å². The molecule has 0 saturated heterocycles. The Morgan fingerprint density at radius 1 is 0.190 bits per heavy atom. The standard InChI is InChI=1S/C88H50N12/c1-2-13-55(14-3-1)83-91-49-94-86(99-83)76-45-64-44-75(87-95-50-96-88(100-87)77-36-34-54-29-28-53-19-12-38-90-81(53)82(54)97-77)67-22-7-8-23-69(67)79(64)73-43-62(33-35-68(73)76)85-93-48-92-84(98-85)61-17-10-16-58(40-61)71-42-59-15-4-5-20-65(59)80-70-24-9-6-21-66(70)72(47-74(71)80)60-32-26-51-25-30-56(39-63(51)41-60)57-31-27-52-18-11-37-89-78(52)46-57/h1-50H. The fraction of sp³-hybridized carbons (Fsp3) is 0. The monoisotopic (exact) mass is 1270 g/mol. The average molecular weight is 1280 g/mol. The molecule has 0 bridgehead atoms. The van der Waals surface area contributed by atoms with E-state index in [4.69, 9.17) is 49.8 Å². The second kappa shape index (κ2) is 22.9. The Labute approximate surface area is 570 Å². The van der Waals surface area contributed by atoms with E-state index in [-0.39, 0.29) is 0 Å². The van der Waals surface area contributed by atoms with Crippen LogP contribution in [0.4, 0.5) is 0 Å². The van der Waals surface area contributed by atoms with Crippen LogP contribution in [0.1, 0.15) is 0 Å². The van der Waals surface area contributed by atoms with E-state index in [9.17, 15) is 0 Å². The van der Waals surface area contributed by atoms with Gasteiger partial charge in [0.15, 0.2) is 34.9 Å². The summed E-state index contributed by atoms with van der Waals surface area (Å²) in [6.45, 7) is 0. The minimum absolute atomic E-state index is 0.448. The highest BCUT2D eigenvalue weighted by molar-refractivity contribution is 6.28. The van der Waals surface area contributed by atoms with E-state index in [0.29, 0.717) is 40.6 Å². The summed E-state index contributed by atoms with van der Waals surface area (Å²) in [6, 6.07) is 96.3. The second-order valence-electron chi connectivity index (χ2n) is 25.2. The molecule has 6 aromatic heterocycles. The maximum atomic E-state index is 5.32. The number of pyridine rings is 3. The third-order valence-corrected chi connectivity index (χ3v) is 19.5. The highest BCUT2D eigenvalue weighted by Gasteiger charge is 2.22. The molecule has 0 N–H and O–H groups in total. The molecule has 462 valence electrons. The zero-order chi connectivity index (χ0) is 65.8. The average Bonchev–Trinajstić information content (AvgIpc) is 0.733. The molecule has 0 spiro atoms. The molecule has 12 heteroatoms. The summed E-state index contributed by atoms with van der Waals surface area (Å²) >= 11 is 0. The molecule has 14 aromatic carbocycles. The maximum absolute atomic E-state index is 5.32. The fourth-order valence-electron chi connectivity index (χ4n) is 14.8. The zero-order valence-electron chi connectivity index (χ0n) is 53.2. The molecule has 0 fully saturated rings. The highest BCUT2D eigenvalue weighted by Crippen LogP contribution is 2.46. The van der Waals surface area contributed by atoms with Crippen LogP contribution in [0.25, 0.3) is 210 Å². The van der Waals surface area contributed by atoms with E-state index < -0.39 is 0 Å². The van der Waals surface area contributed by atoms with Gasteiger partial charge in [-0.25, -0.2) is 49.8 Å². The molecule has 0 saturated carbocycles. The molecular formula is C88H50N12. The van der Waals surface area contributed by atoms with E-state index in [0.717, 1.165) is 137 Å². The van der Waals surface area contributed by atoms with Crippen molar-refractivity contribution in [1.82, 2.24) is 59.8 Å². The van der Waals surface area contributed by atoms with Crippen molar-refractivity contribution in [2.24, 2.45) is 0 Å². The van der Waals surface area contributed by atoms with Gasteiger partial charge in [-0.15, -0.1) is 0 Å². The zero-order valence-corrected chi connectivity index (χ0v) is 53.2. The van der Waals surface area contributed by atoms with Crippen LogP contribution < -0.4 is 0 Å². The van der Waals surface area contributed by atoms with E-state index >= 15 is 0 Å². The molecular weight excluding hydrogens is 1230 g/mol. The molecule has 0 aliphatic carbocycles. The van der Waals surface area contributed by atoms with Crippen LogP contribution in [-0.4, -0.2) is 59.8 Å². The molecule has 12 nitrogen and oxygen atoms in total. The predicted molar refractivity (Wildman–Crippen MR) is 404 cm³/mol. The van der Waals surface area contributed by atoms with Crippen LogP contribution in [0.15, 0.2) is 304 Å². The molecule has 100 heavy (non-hydrogen) atoms. The van der Waals surface area contributed by atoms with Crippen LogP contribution in [0.2, 0.25) is 0 Å². The van der Waals surface area contributed by atoms with Crippen LogP contribution in [0.3, 0.4) is 0 Å². The van der Waals surface area contributed by atoms with Crippen molar-refractivity contribution in [1.29, 1.82) is 0 Å². The second-order valence-corrected chi connectivity index (χ2v) is 25.2. The van der Waals surface area contributed by atoms with E-state index in [1.54, 1.807) is 25.2 Å². The van der Waals surface area contributed by atoms with Gasteiger partial charge < -0.3 is 0 Å². The molecule has 0 unspecified atom stereocenters. The Kier molecular flexibility index (Phi) is 13.0. The summed E-state index contributed by atoms with van der Waals surface area (Å²) in [4.78, 5) is 59.0. The Morgan fingerprint density at radius 2 is 0.690 bits per heavy atom. The maximum Gasteiger partial charge on any atom is 0.181 e. The van der Waals surface area contributed by atoms with Gasteiger partial charge in [-0.2, -0.15) is 0 Å². The predicted octanol–water partition coefficient (Wildman–Crippen LogP) is 21.0. The van der Waals surface area contributed by atoms with Crippen LogP contribution in [-0.2, 0) is 0 Å². The molecule has 6 heterocycles. The number of benzene rings is 14. The summed E-state index contributed by atoms with van der Waals surface area (Å²) in [7, 11) is 0. The van der Waals surface area contributed by atoms with Gasteiger partial charge in [0.25, 0.3) is 0 Å². The Hall–Kier alpha value is -13.8. The van der Waals surface area contributed by atoms with Crippen LogP contribution >= 0.6 is 0 Å². The molecule has 0 amide bonds. The van der Waals surface area contributed by atoms with Crippen molar-refractivity contribution >= 4 is 108 Å². The van der Waals surface area contributed by atoms with E-state index in [1.807, 2.05) is 66.9 Å². The first kappa shape index (κ1) is 56.5. The quantitative estimate of drug-likeness (QED) is 0.126. The summed E-state index contributed by atoms with van der Waals surface area (Å²) in [5.74, 6) is 3.12. The Balaban J connectivity index is 0.719. The number of hydrogen-bond acceptors (Lipinski definition) is 12. The smallest absolute Gasteiger partial charge is 0.181 e. The molecule has 0 aliphatic heterocycles. The Morgan fingerprint density at radius 3 is 1.48 bits per heavy atom. The summed E-state index contributed by atoms with van der Waals surface area (Å²) in [5.41, 5.74) is 14.1. The molecule has 20 rings (SSSR count). The number of fused-ring (bicyclic) bond motifs is 15. The first-order chi connectivity index (χ1) is 49.5. The third-order valence-electron chi connectivity index (χ3n) is 19.5. The molecule has 20 aromatic rings. The topological polar surface area (TPSA) is 155 Å². The highest BCUT2D eigenvalue weighted by atomic mass is 15.0. The number of hydrogen-bond donors (Lipinski definition) is 0. The van der Waals surface area contributed by atoms with Gasteiger partial charge in [-0.3, -0.25) is 9.97 Å². The molecule has 0 aliphatic rings. The van der Waals surface area contributed by atoms with Gasteiger partial charge in [-0.1, -0.05) is 200 Å². The minimum Gasteiger partial charge on any atom is -0.256 e. The third kappa shape index (κ3) is 9.53. The number of aromatic nitrogens is 12. The lowest BCUT2D eigenvalue weighted by Crippen LogP contribution is -1.99. The lowest BCUT2D eigenvalue weighted by molar-refractivity contribution is 1.06. The summed E-state index contributed by atoms with van der Waals surface area (Å²) < 4.78 is 0. The van der Waals surface area contributed by atoms with Gasteiger partial charge in [0.1, 0.15) is 24.7 Å². The van der Waals surface area contributed by atoms with Crippen LogP contribution in [0.5, 0.6) is 0 Å². The minimum atomic E-state index is 0.448. The van der Waals surface area contributed by atoms with Crippen molar-refractivity contribution < 1.29 is 0 Å². The molecule has 0 atom stereocenters. The van der Waals surface area contributed by atoms with E-state index in [2.05, 4.69) is 222 Å². The van der Waals surface area contributed by atoms with E-state index in [1.165, 1.54) is 32.3 Å². The SMILES string of the molecule is c1ccc(-c2ncnc(-c3cc4cc(-c5ncnc(-c6ccc7ccc8cccnc8c7n6)n5)c5ccccc5c4c4cc(-c5ncnc(-c6cccc(-c7cc8ccccc8c8c7cc(-c7ccc9ccc(-c%10ccc%11cccnc%11c%10)cc9c7)c7ccccc78)c6)n5)ccc34)n2)cc1. The van der Waals surface area contributed by atoms with Crippen molar-refractivity contribution in [3.63, 3.8) is 0 Å². The lowest BCUT2D eigenvalue weighted by atomic mass is 9.86. The Bertz CT molecular complexity index is 6820. The van der Waals surface area contributed by atoms with Crippen molar-refractivity contribution in [2.75, 3.05) is 0 Å². The normalized spacial score (nSPS) is 11.8. The van der Waals surface area contributed by atoms with Crippen molar-refractivity contribution in [3.05, 3.63) is 304 Å².